The second kappa shape index (κ2) is 38.2. The highest BCUT2D eigenvalue weighted by molar-refractivity contribution is 5.75. The third-order valence-electron chi connectivity index (χ3n) is 11.7. The molecule has 7 atom stereocenters. The van der Waals surface area contributed by atoms with Gasteiger partial charge in [-0.25, -0.2) is 0 Å². The molecule has 1 aliphatic rings. The van der Waals surface area contributed by atoms with Crippen LogP contribution in [0, 0.1) is 0 Å². The topological polar surface area (TPSA) is 149 Å². The van der Waals surface area contributed by atoms with Crippen LogP contribution in [0.2, 0.25) is 0 Å². The fraction of sp³-hybridized carbons (Fsp3) is 0.936. The van der Waals surface area contributed by atoms with Crippen LogP contribution in [0.5, 0.6) is 0 Å². The highest BCUT2D eigenvalue weighted by atomic mass is 16.7. The van der Waals surface area contributed by atoms with Gasteiger partial charge in [0.15, 0.2) is 6.29 Å². The summed E-state index contributed by atoms with van der Waals surface area (Å²) >= 11 is 0. The predicted molar refractivity (Wildman–Crippen MR) is 231 cm³/mol. The molecule has 0 bridgehead atoms. The first-order chi connectivity index (χ1) is 27.3. The summed E-state index contributed by atoms with van der Waals surface area (Å²) < 4.78 is 11.0. The van der Waals surface area contributed by atoms with Gasteiger partial charge < -0.3 is 40.3 Å². The van der Waals surface area contributed by atoms with Gasteiger partial charge in [0.25, 0.3) is 0 Å². The fourth-order valence-corrected chi connectivity index (χ4v) is 7.77. The molecule has 0 aromatic carbocycles. The number of allylic oxidation sites excluding steroid dienone is 1. The van der Waals surface area contributed by atoms with Gasteiger partial charge in [-0.3, -0.25) is 4.79 Å². The Kier molecular flexibility index (Phi) is 36.1. The molecule has 6 N–H and O–H groups in total. The van der Waals surface area contributed by atoms with Gasteiger partial charge in [0.05, 0.1) is 25.4 Å². The zero-order valence-corrected chi connectivity index (χ0v) is 36.4. The molecule has 1 amide bonds. The minimum absolute atomic E-state index is 0.195. The number of amides is 1. The van der Waals surface area contributed by atoms with Crippen LogP contribution in [0.3, 0.4) is 0 Å². The maximum Gasteiger partial charge on any atom is 0.220 e. The summed E-state index contributed by atoms with van der Waals surface area (Å²) in [6.45, 7) is 3.24. The minimum atomic E-state index is -1.56. The molecule has 1 aliphatic heterocycles. The molecule has 332 valence electrons. The van der Waals surface area contributed by atoms with Crippen LogP contribution in [0.25, 0.3) is 0 Å². The molecule has 0 spiro atoms. The average molecular weight is 798 g/mol. The molecule has 9 nitrogen and oxygen atoms in total. The van der Waals surface area contributed by atoms with Crippen LogP contribution in [-0.2, 0) is 14.3 Å². The highest BCUT2D eigenvalue weighted by Crippen LogP contribution is 2.23. The number of unbranched alkanes of at least 4 members (excludes halogenated alkanes) is 31. The number of carbonyl (C=O) groups is 1. The van der Waals surface area contributed by atoms with Crippen molar-refractivity contribution in [2.75, 3.05) is 13.2 Å². The second-order valence-corrected chi connectivity index (χ2v) is 16.9. The van der Waals surface area contributed by atoms with Crippen LogP contribution in [0.1, 0.15) is 226 Å². The summed E-state index contributed by atoms with van der Waals surface area (Å²) in [4.78, 5) is 12.1. The molecule has 0 aromatic heterocycles. The van der Waals surface area contributed by atoms with Crippen molar-refractivity contribution in [2.45, 2.75) is 269 Å². The number of hydrogen-bond donors (Lipinski definition) is 6. The number of hydrogen-bond acceptors (Lipinski definition) is 8. The first-order valence-corrected chi connectivity index (χ1v) is 23.9. The van der Waals surface area contributed by atoms with Crippen LogP contribution in [0.15, 0.2) is 12.2 Å². The zero-order valence-electron chi connectivity index (χ0n) is 36.4. The van der Waals surface area contributed by atoms with E-state index >= 15 is 0 Å². The normalized spacial score (nSPS) is 21.2. The Morgan fingerprint density at radius 3 is 1.32 bits per heavy atom. The van der Waals surface area contributed by atoms with Gasteiger partial charge in [-0.2, -0.15) is 0 Å². The molecule has 1 heterocycles. The molecule has 1 saturated heterocycles. The molecule has 0 aromatic rings. The number of aliphatic hydroxyl groups is 5. The number of carbonyl (C=O) groups excluding carboxylic acids is 1. The Morgan fingerprint density at radius 2 is 0.964 bits per heavy atom. The SMILES string of the molecule is CCCCCCCCCCCCCCCCCCCCCCCCCCCCCCCCC/C=C/C(O)C(COC1OC(CO)C(O)C(O)C1O)NC(=O)CC. The highest BCUT2D eigenvalue weighted by Gasteiger charge is 2.44. The maximum absolute atomic E-state index is 12.1. The van der Waals surface area contributed by atoms with Crippen molar-refractivity contribution in [1.29, 1.82) is 0 Å². The van der Waals surface area contributed by atoms with Gasteiger partial charge in [0.1, 0.15) is 24.4 Å². The van der Waals surface area contributed by atoms with Gasteiger partial charge in [-0.1, -0.05) is 219 Å². The Morgan fingerprint density at radius 1 is 0.589 bits per heavy atom. The van der Waals surface area contributed by atoms with E-state index in [0.29, 0.717) is 0 Å². The van der Waals surface area contributed by atoms with E-state index in [2.05, 4.69) is 12.2 Å². The predicted octanol–water partition coefficient (Wildman–Crippen LogP) is 10.1. The van der Waals surface area contributed by atoms with E-state index in [-0.39, 0.29) is 18.9 Å². The van der Waals surface area contributed by atoms with Crippen LogP contribution >= 0.6 is 0 Å². The van der Waals surface area contributed by atoms with Gasteiger partial charge in [-0.05, 0) is 12.8 Å². The van der Waals surface area contributed by atoms with Crippen LogP contribution in [-0.4, -0.2) is 87.5 Å². The van der Waals surface area contributed by atoms with E-state index in [9.17, 15) is 30.3 Å². The smallest absolute Gasteiger partial charge is 0.220 e. The summed E-state index contributed by atoms with van der Waals surface area (Å²) in [6, 6.07) is -0.797. The van der Waals surface area contributed by atoms with Crippen LogP contribution in [0.4, 0.5) is 0 Å². The van der Waals surface area contributed by atoms with E-state index in [1.807, 2.05) is 6.08 Å². The first kappa shape index (κ1) is 52.9. The molecular formula is C47H91NO8. The van der Waals surface area contributed by atoms with Crippen molar-refractivity contribution in [2.24, 2.45) is 0 Å². The Balaban J connectivity index is 1.90. The van der Waals surface area contributed by atoms with Gasteiger partial charge in [0, 0.05) is 6.42 Å². The van der Waals surface area contributed by atoms with Crippen molar-refractivity contribution in [3.05, 3.63) is 12.2 Å². The molecule has 0 saturated carbocycles. The molecule has 0 radical (unpaired) electrons. The molecule has 56 heavy (non-hydrogen) atoms. The van der Waals surface area contributed by atoms with E-state index in [0.717, 1.165) is 19.3 Å². The van der Waals surface area contributed by atoms with Crippen molar-refractivity contribution in [3.8, 4) is 0 Å². The molecule has 7 unspecified atom stereocenters. The summed E-state index contributed by atoms with van der Waals surface area (Å²) in [5, 5.41) is 53.1. The maximum atomic E-state index is 12.1. The lowest BCUT2D eigenvalue weighted by Gasteiger charge is -2.40. The lowest BCUT2D eigenvalue weighted by molar-refractivity contribution is -0.302. The molecule has 1 rings (SSSR count). The standard InChI is InChI=1S/C47H91NO8/c1-3-5-6-7-8-9-10-11-12-13-14-15-16-17-18-19-20-21-22-23-24-25-26-27-28-29-30-31-32-33-34-35-36-37-41(50)40(48-43(51)4-2)39-55-47-46(54)45(53)44(52)42(38-49)56-47/h36-37,40-42,44-47,49-50,52-54H,3-35,38-39H2,1-2H3,(H,48,51)/b37-36+. The van der Waals surface area contributed by atoms with Gasteiger partial charge in [-0.15, -0.1) is 0 Å². The largest absolute Gasteiger partial charge is 0.394 e. The lowest BCUT2D eigenvalue weighted by Crippen LogP contribution is -2.60. The molecular weight excluding hydrogens is 707 g/mol. The van der Waals surface area contributed by atoms with Crippen molar-refractivity contribution in [1.82, 2.24) is 5.32 Å². The van der Waals surface area contributed by atoms with Gasteiger partial charge >= 0.3 is 0 Å². The van der Waals surface area contributed by atoms with Crippen molar-refractivity contribution in [3.63, 3.8) is 0 Å². The Bertz CT molecular complexity index is 888. The number of rotatable bonds is 40. The Labute approximate surface area is 344 Å². The summed E-state index contributed by atoms with van der Waals surface area (Å²) in [7, 11) is 0. The van der Waals surface area contributed by atoms with E-state index in [1.54, 1.807) is 13.0 Å². The zero-order chi connectivity index (χ0) is 40.9. The van der Waals surface area contributed by atoms with E-state index in [1.165, 1.54) is 186 Å². The van der Waals surface area contributed by atoms with E-state index < -0.39 is 49.5 Å². The van der Waals surface area contributed by atoms with Gasteiger partial charge in [0.2, 0.25) is 5.91 Å². The number of ether oxygens (including phenoxy) is 2. The number of aliphatic hydroxyl groups excluding tert-OH is 5. The first-order valence-electron chi connectivity index (χ1n) is 23.9. The molecule has 9 heteroatoms. The van der Waals surface area contributed by atoms with Crippen LogP contribution < -0.4 is 5.32 Å². The number of nitrogens with one attached hydrogen (secondary N) is 1. The Hall–Kier alpha value is -1.07. The third kappa shape index (κ3) is 28.4. The van der Waals surface area contributed by atoms with E-state index in [4.69, 9.17) is 9.47 Å². The minimum Gasteiger partial charge on any atom is -0.394 e. The quantitative estimate of drug-likeness (QED) is 0.0265. The van der Waals surface area contributed by atoms with Crippen molar-refractivity contribution < 1.29 is 39.8 Å². The summed E-state index contributed by atoms with van der Waals surface area (Å²) in [5.74, 6) is -0.263. The molecule has 1 fully saturated rings. The fourth-order valence-electron chi connectivity index (χ4n) is 7.77. The molecule has 0 aliphatic carbocycles. The third-order valence-corrected chi connectivity index (χ3v) is 11.7. The summed E-state index contributed by atoms with van der Waals surface area (Å²) in [5.41, 5.74) is 0. The lowest BCUT2D eigenvalue weighted by atomic mass is 9.99. The monoisotopic (exact) mass is 798 g/mol. The summed E-state index contributed by atoms with van der Waals surface area (Å²) in [6.07, 6.45) is 39.7. The van der Waals surface area contributed by atoms with Crippen molar-refractivity contribution >= 4 is 5.91 Å². The average Bonchev–Trinajstić information content (AvgIpc) is 3.20. The second-order valence-electron chi connectivity index (χ2n) is 16.9.